The molecule has 0 atom stereocenters. The average molecular weight is 407 g/mol. The van der Waals surface area contributed by atoms with E-state index in [-0.39, 0.29) is 18.4 Å². The zero-order valence-corrected chi connectivity index (χ0v) is 17.3. The highest BCUT2D eigenvalue weighted by Crippen LogP contribution is 2.20. The molecule has 0 aliphatic rings. The molecule has 0 spiro atoms. The summed E-state index contributed by atoms with van der Waals surface area (Å²) in [6.07, 6.45) is 0. The number of aryl methyl sites for hydroxylation is 1. The van der Waals surface area contributed by atoms with Crippen LogP contribution in [0.3, 0.4) is 0 Å². The van der Waals surface area contributed by atoms with Crippen molar-refractivity contribution in [1.82, 2.24) is 15.0 Å². The van der Waals surface area contributed by atoms with E-state index in [0.29, 0.717) is 36.2 Å². The zero-order valence-electron chi connectivity index (χ0n) is 17.3. The summed E-state index contributed by atoms with van der Waals surface area (Å²) in [5.74, 6) is 0.713. The largest absolute Gasteiger partial charge is 0.338 e. The molecule has 2 aromatic carbocycles. The molecule has 2 N–H and O–H groups in total. The van der Waals surface area contributed by atoms with Crippen molar-refractivity contribution in [3.05, 3.63) is 60.0 Å². The number of nitrogens with one attached hydrogen (secondary N) is 2. The van der Waals surface area contributed by atoms with E-state index in [1.165, 1.54) is 6.92 Å². The first kappa shape index (κ1) is 21.2. The molecule has 0 aliphatic heterocycles. The topological polar surface area (TPSA) is 100 Å². The van der Waals surface area contributed by atoms with Gasteiger partial charge in [0.25, 0.3) is 0 Å². The molecular weight excluding hydrogens is 382 g/mol. The molecule has 156 valence electrons. The monoisotopic (exact) mass is 407 g/mol. The number of anilines is 2. The number of hydrogen-bond acceptors (Lipinski definition) is 6. The smallest absolute Gasteiger partial charge is 0.241 e. The second kappa shape index (κ2) is 9.80. The van der Waals surface area contributed by atoms with Crippen LogP contribution in [0.15, 0.2) is 53.1 Å². The predicted molar refractivity (Wildman–Crippen MR) is 115 cm³/mol. The van der Waals surface area contributed by atoms with Gasteiger partial charge in [-0.05, 0) is 43.3 Å². The van der Waals surface area contributed by atoms with Crippen LogP contribution < -0.4 is 10.6 Å². The lowest BCUT2D eigenvalue weighted by molar-refractivity contribution is -0.117. The van der Waals surface area contributed by atoms with Crippen molar-refractivity contribution in [3.8, 4) is 11.4 Å². The van der Waals surface area contributed by atoms with E-state index in [9.17, 15) is 9.59 Å². The predicted octanol–water partition coefficient (Wildman–Crippen LogP) is 3.46. The van der Waals surface area contributed by atoms with Crippen LogP contribution in [0.25, 0.3) is 11.4 Å². The van der Waals surface area contributed by atoms with E-state index in [0.717, 1.165) is 11.1 Å². The van der Waals surface area contributed by atoms with Crippen molar-refractivity contribution in [1.29, 1.82) is 0 Å². The Morgan fingerprint density at radius 2 is 1.70 bits per heavy atom. The fraction of sp³-hybridized carbons (Fsp3) is 0.273. The summed E-state index contributed by atoms with van der Waals surface area (Å²) in [6, 6.07) is 14.8. The summed E-state index contributed by atoms with van der Waals surface area (Å²) in [4.78, 5) is 29.9. The molecule has 2 amide bonds. The lowest BCUT2D eigenvalue weighted by Crippen LogP contribution is -2.32. The quantitative estimate of drug-likeness (QED) is 0.593. The molecule has 8 heteroatoms. The molecule has 0 radical (unpaired) electrons. The number of rotatable bonds is 8. The molecule has 3 rings (SSSR count). The fourth-order valence-corrected chi connectivity index (χ4v) is 2.97. The Morgan fingerprint density at radius 3 is 2.33 bits per heavy atom. The minimum Gasteiger partial charge on any atom is -0.338 e. The SMILES string of the molecule is CCN(CC(=O)Nc1ccc(NC(C)=O)cc1)Cc1nc(-c2ccccc2C)no1. The van der Waals surface area contributed by atoms with E-state index in [1.807, 2.05) is 43.0 Å². The molecule has 30 heavy (non-hydrogen) atoms. The second-order valence-electron chi connectivity index (χ2n) is 6.94. The number of carbonyl (C=O) groups is 2. The van der Waals surface area contributed by atoms with Gasteiger partial charge < -0.3 is 15.2 Å². The van der Waals surface area contributed by atoms with Gasteiger partial charge in [-0.1, -0.05) is 36.3 Å². The first-order valence-electron chi connectivity index (χ1n) is 9.73. The van der Waals surface area contributed by atoms with Gasteiger partial charge in [-0.25, -0.2) is 0 Å². The molecule has 0 aliphatic carbocycles. The third-order valence-electron chi connectivity index (χ3n) is 4.52. The van der Waals surface area contributed by atoms with Crippen LogP contribution in [0, 0.1) is 6.92 Å². The van der Waals surface area contributed by atoms with Crippen LogP contribution in [0.5, 0.6) is 0 Å². The Hall–Kier alpha value is -3.52. The fourth-order valence-electron chi connectivity index (χ4n) is 2.97. The first-order valence-corrected chi connectivity index (χ1v) is 9.73. The number of nitrogens with zero attached hydrogens (tertiary/aromatic N) is 3. The van der Waals surface area contributed by atoms with Crippen LogP contribution >= 0.6 is 0 Å². The average Bonchev–Trinajstić information content (AvgIpc) is 3.17. The summed E-state index contributed by atoms with van der Waals surface area (Å²) < 4.78 is 5.38. The third-order valence-corrected chi connectivity index (χ3v) is 4.52. The Balaban J connectivity index is 1.57. The maximum atomic E-state index is 12.4. The van der Waals surface area contributed by atoms with Crippen LogP contribution in [-0.2, 0) is 16.1 Å². The number of likely N-dealkylation sites (N-methyl/N-ethyl adjacent to an activating group) is 1. The molecule has 0 fully saturated rings. The van der Waals surface area contributed by atoms with E-state index < -0.39 is 0 Å². The summed E-state index contributed by atoms with van der Waals surface area (Å²) in [5, 5.41) is 9.61. The molecule has 1 aromatic heterocycles. The highest BCUT2D eigenvalue weighted by atomic mass is 16.5. The molecule has 1 heterocycles. The Labute approximate surface area is 175 Å². The first-order chi connectivity index (χ1) is 14.4. The maximum Gasteiger partial charge on any atom is 0.241 e. The van der Waals surface area contributed by atoms with Gasteiger partial charge >= 0.3 is 0 Å². The van der Waals surface area contributed by atoms with Crippen molar-refractivity contribution in [2.24, 2.45) is 0 Å². The van der Waals surface area contributed by atoms with Crippen molar-refractivity contribution in [3.63, 3.8) is 0 Å². The number of benzene rings is 2. The second-order valence-corrected chi connectivity index (χ2v) is 6.94. The standard InChI is InChI=1S/C22H25N5O3/c1-4-27(13-20(29)24-18-11-9-17(10-12-18)23-16(3)28)14-21-25-22(26-30-21)19-8-6-5-7-15(19)2/h5-12H,4,13-14H2,1-3H3,(H,23,28)(H,24,29). The minimum atomic E-state index is -0.150. The van der Waals surface area contributed by atoms with Gasteiger partial charge in [0.15, 0.2) is 0 Å². The zero-order chi connectivity index (χ0) is 21.5. The van der Waals surface area contributed by atoms with Gasteiger partial charge in [0.05, 0.1) is 13.1 Å². The van der Waals surface area contributed by atoms with E-state index in [2.05, 4.69) is 20.8 Å². The number of aromatic nitrogens is 2. The molecule has 0 bridgehead atoms. The Bertz CT molecular complexity index is 1010. The number of carbonyl (C=O) groups excluding carboxylic acids is 2. The molecule has 0 unspecified atom stereocenters. The van der Waals surface area contributed by atoms with Gasteiger partial charge in [0.2, 0.25) is 23.5 Å². The van der Waals surface area contributed by atoms with E-state index in [1.54, 1.807) is 24.3 Å². The molecule has 8 nitrogen and oxygen atoms in total. The van der Waals surface area contributed by atoms with Crippen LogP contribution in [-0.4, -0.2) is 39.9 Å². The van der Waals surface area contributed by atoms with Crippen LogP contribution in [0.4, 0.5) is 11.4 Å². The van der Waals surface area contributed by atoms with E-state index >= 15 is 0 Å². The molecular formula is C22H25N5O3. The lowest BCUT2D eigenvalue weighted by Gasteiger charge is -2.17. The van der Waals surface area contributed by atoms with Gasteiger partial charge in [0, 0.05) is 23.9 Å². The van der Waals surface area contributed by atoms with E-state index in [4.69, 9.17) is 4.52 Å². The normalized spacial score (nSPS) is 10.8. The lowest BCUT2D eigenvalue weighted by atomic mass is 10.1. The van der Waals surface area contributed by atoms with Gasteiger partial charge in [0.1, 0.15) is 0 Å². The highest BCUT2D eigenvalue weighted by molar-refractivity contribution is 5.93. The Kier molecular flexibility index (Phi) is 6.92. The molecule has 0 saturated carbocycles. The summed E-state index contributed by atoms with van der Waals surface area (Å²) >= 11 is 0. The summed E-state index contributed by atoms with van der Waals surface area (Å²) in [5.41, 5.74) is 3.33. The highest BCUT2D eigenvalue weighted by Gasteiger charge is 2.15. The van der Waals surface area contributed by atoms with Crippen LogP contribution in [0.1, 0.15) is 25.3 Å². The van der Waals surface area contributed by atoms with Crippen molar-refractivity contribution >= 4 is 23.2 Å². The van der Waals surface area contributed by atoms with Crippen molar-refractivity contribution < 1.29 is 14.1 Å². The molecule has 0 saturated heterocycles. The number of hydrogen-bond donors (Lipinski definition) is 2. The Morgan fingerprint density at radius 1 is 1.03 bits per heavy atom. The van der Waals surface area contributed by atoms with Crippen molar-refractivity contribution in [2.45, 2.75) is 27.3 Å². The van der Waals surface area contributed by atoms with Gasteiger partial charge in [-0.2, -0.15) is 4.98 Å². The third kappa shape index (κ3) is 5.74. The summed E-state index contributed by atoms with van der Waals surface area (Å²) in [7, 11) is 0. The van der Waals surface area contributed by atoms with Gasteiger partial charge in [-0.3, -0.25) is 14.5 Å². The number of amides is 2. The summed E-state index contributed by atoms with van der Waals surface area (Å²) in [6.45, 7) is 6.63. The minimum absolute atomic E-state index is 0.142. The van der Waals surface area contributed by atoms with Gasteiger partial charge in [-0.15, -0.1) is 0 Å². The molecule has 3 aromatic rings. The maximum absolute atomic E-state index is 12.4. The van der Waals surface area contributed by atoms with Crippen molar-refractivity contribution in [2.75, 3.05) is 23.7 Å². The van der Waals surface area contributed by atoms with Crippen LogP contribution in [0.2, 0.25) is 0 Å².